The van der Waals surface area contributed by atoms with Gasteiger partial charge in [-0.2, -0.15) is 0 Å². The van der Waals surface area contributed by atoms with E-state index in [2.05, 4.69) is 0 Å². The normalized spacial score (nSPS) is 10.9. The average Bonchev–Trinajstić information content (AvgIpc) is 2.67. The number of rotatable bonds is 3. The molecule has 0 saturated heterocycles. The summed E-state index contributed by atoms with van der Waals surface area (Å²) in [4.78, 5) is 14.3. The summed E-state index contributed by atoms with van der Waals surface area (Å²) in [6, 6.07) is 16.6. The maximum Gasteiger partial charge on any atom is 0.167 e. The zero-order valence-electron chi connectivity index (χ0n) is 17.4. The van der Waals surface area contributed by atoms with Crippen LogP contribution in [-0.2, 0) is 0 Å². The summed E-state index contributed by atoms with van der Waals surface area (Å²) >= 11 is 0. The number of phenolic OH excluding ortho intramolecular Hbond substituents is 2. The molecule has 0 spiro atoms. The van der Waals surface area contributed by atoms with Crippen LogP contribution >= 0.6 is 0 Å². The van der Waals surface area contributed by atoms with Gasteiger partial charge in [0.25, 0.3) is 0 Å². The van der Waals surface area contributed by atoms with Crippen LogP contribution in [0.4, 0.5) is 0 Å². The lowest BCUT2D eigenvalue weighted by Crippen LogP contribution is -2.03. The van der Waals surface area contributed by atoms with Crippen LogP contribution in [0.25, 0.3) is 34.2 Å². The van der Waals surface area contributed by atoms with Gasteiger partial charge in [0.1, 0.15) is 11.5 Å². The number of hydrogen-bond acceptors (Lipinski definition) is 5. The van der Waals surface area contributed by atoms with E-state index < -0.39 is 0 Å². The quantitative estimate of drug-likeness (QED) is 0.476. The van der Waals surface area contributed by atoms with Crippen molar-refractivity contribution in [1.29, 1.82) is 0 Å². The van der Waals surface area contributed by atoms with E-state index in [1.165, 1.54) is 12.1 Å². The highest BCUT2D eigenvalue weighted by Gasteiger charge is 2.18. The van der Waals surface area contributed by atoms with Crippen LogP contribution in [-0.4, -0.2) is 25.2 Å². The maximum absolute atomic E-state index is 10.4. The van der Waals surface area contributed by atoms with Gasteiger partial charge in [0.15, 0.2) is 17.5 Å². The molecule has 0 amide bonds. The first-order valence-electron chi connectivity index (χ1n) is 9.76. The Morgan fingerprint density at radius 1 is 0.567 bits per heavy atom. The molecule has 5 heteroatoms. The van der Waals surface area contributed by atoms with Gasteiger partial charge in [0.2, 0.25) is 0 Å². The van der Waals surface area contributed by atoms with Gasteiger partial charge in [0.05, 0.1) is 5.56 Å². The Bertz CT molecular complexity index is 1160. The van der Waals surface area contributed by atoms with Crippen molar-refractivity contribution in [2.45, 2.75) is 27.7 Å². The Morgan fingerprint density at radius 2 is 1.00 bits per heavy atom. The Morgan fingerprint density at radius 3 is 1.43 bits per heavy atom. The van der Waals surface area contributed by atoms with Gasteiger partial charge >= 0.3 is 0 Å². The van der Waals surface area contributed by atoms with E-state index in [1.807, 2.05) is 64.1 Å². The first-order valence-corrected chi connectivity index (χ1v) is 9.76. The molecule has 30 heavy (non-hydrogen) atoms. The minimum atomic E-state index is -0.0823. The van der Waals surface area contributed by atoms with E-state index >= 15 is 0 Å². The summed E-state index contributed by atoms with van der Waals surface area (Å²) in [6.45, 7) is 8.12. The lowest BCUT2D eigenvalue weighted by Gasteiger charge is -2.14. The zero-order chi connectivity index (χ0) is 21.4. The van der Waals surface area contributed by atoms with E-state index in [4.69, 9.17) is 15.0 Å². The van der Waals surface area contributed by atoms with Crippen molar-refractivity contribution >= 4 is 0 Å². The van der Waals surface area contributed by atoms with Crippen LogP contribution in [0.2, 0.25) is 0 Å². The summed E-state index contributed by atoms with van der Waals surface area (Å²) in [6.07, 6.45) is 0. The Kier molecular flexibility index (Phi) is 4.96. The van der Waals surface area contributed by atoms with Crippen molar-refractivity contribution in [2.75, 3.05) is 0 Å². The Hall–Kier alpha value is -3.73. The SMILES string of the molecule is Cc1cccc(C)c1-c1nc(-c2ccc(O)cc2O)nc(-c2c(C)cccc2C)n1. The van der Waals surface area contributed by atoms with Crippen molar-refractivity contribution < 1.29 is 10.2 Å². The molecule has 2 N–H and O–H groups in total. The number of phenols is 2. The van der Waals surface area contributed by atoms with E-state index in [9.17, 15) is 10.2 Å². The molecular formula is C25H23N3O2. The fourth-order valence-corrected chi connectivity index (χ4v) is 3.76. The number of hydrogen-bond donors (Lipinski definition) is 2. The lowest BCUT2D eigenvalue weighted by atomic mass is 10.0. The van der Waals surface area contributed by atoms with E-state index in [0.717, 1.165) is 33.4 Å². The summed E-state index contributed by atoms with van der Waals surface area (Å²) < 4.78 is 0. The molecule has 0 aliphatic rings. The third kappa shape index (κ3) is 3.50. The van der Waals surface area contributed by atoms with Crippen molar-refractivity contribution in [3.8, 4) is 45.7 Å². The molecule has 0 aliphatic carbocycles. The molecule has 0 fully saturated rings. The largest absolute Gasteiger partial charge is 0.508 e. The van der Waals surface area contributed by atoms with Crippen molar-refractivity contribution in [1.82, 2.24) is 15.0 Å². The Balaban J connectivity index is 2.05. The first-order chi connectivity index (χ1) is 14.3. The summed E-state index contributed by atoms with van der Waals surface area (Å²) in [5.74, 6) is 1.37. The van der Waals surface area contributed by atoms with Gasteiger partial charge in [-0.3, -0.25) is 0 Å². The molecule has 1 aromatic heterocycles. The van der Waals surface area contributed by atoms with Crippen LogP contribution in [0, 0.1) is 27.7 Å². The second-order valence-corrected chi connectivity index (χ2v) is 7.54. The standard InChI is InChI=1S/C25H23N3O2/c1-14-7-5-8-15(2)21(14)24-26-23(19-12-11-18(29)13-20(19)30)27-25(28-24)22-16(3)9-6-10-17(22)4/h5-13,29-30H,1-4H3. The molecule has 0 atom stereocenters. The predicted octanol–water partition coefficient (Wildman–Crippen LogP) is 5.52. The van der Waals surface area contributed by atoms with Crippen LogP contribution < -0.4 is 0 Å². The van der Waals surface area contributed by atoms with Crippen LogP contribution in [0.1, 0.15) is 22.3 Å². The monoisotopic (exact) mass is 397 g/mol. The molecular weight excluding hydrogens is 374 g/mol. The summed E-state index contributed by atoms with van der Waals surface area (Å²) in [5.41, 5.74) is 6.60. The van der Waals surface area contributed by atoms with E-state index in [-0.39, 0.29) is 11.5 Å². The average molecular weight is 397 g/mol. The predicted molar refractivity (Wildman–Crippen MR) is 118 cm³/mol. The number of aryl methyl sites for hydroxylation is 4. The highest BCUT2D eigenvalue weighted by molar-refractivity contribution is 5.74. The van der Waals surface area contributed by atoms with Gasteiger partial charge in [0, 0.05) is 17.2 Å². The summed E-state index contributed by atoms with van der Waals surface area (Å²) in [5, 5.41) is 20.1. The van der Waals surface area contributed by atoms with E-state index in [1.54, 1.807) is 6.07 Å². The second kappa shape index (κ2) is 7.59. The minimum absolute atomic E-state index is 0.0183. The molecule has 5 nitrogen and oxygen atoms in total. The Labute approximate surface area is 175 Å². The molecule has 150 valence electrons. The molecule has 0 bridgehead atoms. The number of nitrogens with zero attached hydrogens (tertiary/aromatic N) is 3. The number of aromatic nitrogens is 3. The first kappa shape index (κ1) is 19.6. The van der Waals surface area contributed by atoms with E-state index in [0.29, 0.717) is 23.0 Å². The molecule has 3 aromatic carbocycles. The lowest BCUT2D eigenvalue weighted by molar-refractivity contribution is 0.451. The smallest absolute Gasteiger partial charge is 0.167 e. The van der Waals surface area contributed by atoms with Gasteiger partial charge in [-0.05, 0) is 62.1 Å². The van der Waals surface area contributed by atoms with Crippen LogP contribution in [0.5, 0.6) is 11.5 Å². The molecule has 0 unspecified atom stereocenters. The van der Waals surface area contributed by atoms with Crippen molar-refractivity contribution in [2.24, 2.45) is 0 Å². The fraction of sp³-hybridized carbons (Fsp3) is 0.160. The molecule has 1 heterocycles. The number of benzene rings is 3. The van der Waals surface area contributed by atoms with Crippen molar-refractivity contribution in [3.63, 3.8) is 0 Å². The third-order valence-electron chi connectivity index (χ3n) is 5.27. The molecule has 0 saturated carbocycles. The van der Waals surface area contributed by atoms with Gasteiger partial charge in [-0.1, -0.05) is 36.4 Å². The highest BCUT2D eigenvalue weighted by Crippen LogP contribution is 2.34. The highest BCUT2D eigenvalue weighted by atomic mass is 16.3. The van der Waals surface area contributed by atoms with Crippen molar-refractivity contribution in [3.05, 3.63) is 76.9 Å². The minimum Gasteiger partial charge on any atom is -0.508 e. The van der Waals surface area contributed by atoms with Gasteiger partial charge < -0.3 is 10.2 Å². The molecule has 4 rings (SSSR count). The van der Waals surface area contributed by atoms with Gasteiger partial charge in [-0.25, -0.2) is 15.0 Å². The van der Waals surface area contributed by atoms with Crippen LogP contribution in [0.3, 0.4) is 0 Å². The molecule has 0 aliphatic heterocycles. The third-order valence-corrected chi connectivity index (χ3v) is 5.27. The van der Waals surface area contributed by atoms with Gasteiger partial charge in [-0.15, -0.1) is 0 Å². The molecule has 0 radical (unpaired) electrons. The van der Waals surface area contributed by atoms with Crippen LogP contribution in [0.15, 0.2) is 54.6 Å². The molecule has 4 aromatic rings. The second-order valence-electron chi connectivity index (χ2n) is 7.54. The topological polar surface area (TPSA) is 79.1 Å². The summed E-state index contributed by atoms with van der Waals surface area (Å²) in [7, 11) is 0. The fourth-order valence-electron chi connectivity index (χ4n) is 3.76. The zero-order valence-corrected chi connectivity index (χ0v) is 17.4. The maximum atomic E-state index is 10.4. The number of aromatic hydroxyl groups is 2.